The Morgan fingerprint density at radius 2 is 1.79 bits per heavy atom. The summed E-state index contributed by atoms with van der Waals surface area (Å²) in [5, 5.41) is 0.671. The summed E-state index contributed by atoms with van der Waals surface area (Å²) in [6.07, 6.45) is 18.0. The number of amides is 2. The Morgan fingerprint density at radius 3 is 2.64 bits per heavy atom. The van der Waals surface area contributed by atoms with Crippen LogP contribution in [0.15, 0.2) is 107 Å². The minimum atomic E-state index is -0.253. The number of nitrogens with zero attached hydrogens (tertiary/aromatic N) is 2. The van der Waals surface area contributed by atoms with Crippen molar-refractivity contribution in [3.05, 3.63) is 119 Å². The van der Waals surface area contributed by atoms with Crippen molar-refractivity contribution in [2.75, 3.05) is 0 Å². The molecule has 2 aromatic rings. The Morgan fingerprint density at radius 1 is 0.939 bits per heavy atom. The van der Waals surface area contributed by atoms with Crippen molar-refractivity contribution in [1.29, 1.82) is 0 Å². The van der Waals surface area contributed by atoms with Crippen LogP contribution >= 0.6 is 11.6 Å². The zero-order valence-corrected chi connectivity index (χ0v) is 18.6. The molecular formula is C28H21ClN2O2. The van der Waals surface area contributed by atoms with Crippen LogP contribution < -0.4 is 0 Å². The lowest BCUT2D eigenvalue weighted by Crippen LogP contribution is -2.31. The minimum Gasteiger partial charge on any atom is -0.270 e. The number of pyridine rings is 1. The molecule has 1 aromatic heterocycles. The highest BCUT2D eigenvalue weighted by Crippen LogP contribution is 2.33. The van der Waals surface area contributed by atoms with Crippen LogP contribution in [0.4, 0.5) is 0 Å². The number of carbonyl (C=O) groups excluding carboxylic acids is 2. The van der Waals surface area contributed by atoms with Gasteiger partial charge in [-0.15, -0.1) is 0 Å². The summed E-state index contributed by atoms with van der Waals surface area (Å²) in [7, 11) is 0. The summed E-state index contributed by atoms with van der Waals surface area (Å²) >= 11 is 6.17. The number of hydrogen-bond acceptors (Lipinski definition) is 3. The highest BCUT2D eigenvalue weighted by atomic mass is 35.5. The molecule has 4 nitrogen and oxygen atoms in total. The lowest BCUT2D eigenvalue weighted by molar-refractivity contribution is -0.138. The fourth-order valence-electron chi connectivity index (χ4n) is 4.22. The smallest absolute Gasteiger partial charge is 0.261 e. The topological polar surface area (TPSA) is 50.3 Å². The Hall–Kier alpha value is -3.76. The molecule has 33 heavy (non-hydrogen) atoms. The third kappa shape index (κ3) is 4.18. The van der Waals surface area contributed by atoms with Crippen molar-refractivity contribution in [2.45, 2.75) is 19.4 Å². The van der Waals surface area contributed by atoms with Crippen molar-refractivity contribution in [3.63, 3.8) is 0 Å². The van der Waals surface area contributed by atoms with Gasteiger partial charge in [-0.3, -0.25) is 19.5 Å². The van der Waals surface area contributed by atoms with Crippen molar-refractivity contribution in [3.8, 4) is 11.1 Å². The van der Waals surface area contributed by atoms with Gasteiger partial charge in [-0.25, -0.2) is 0 Å². The molecule has 0 unspecified atom stereocenters. The van der Waals surface area contributed by atoms with E-state index in [1.807, 2.05) is 72.9 Å². The van der Waals surface area contributed by atoms with Crippen LogP contribution in [0.2, 0.25) is 0 Å². The predicted octanol–water partition coefficient (Wildman–Crippen LogP) is 5.90. The van der Waals surface area contributed by atoms with E-state index in [9.17, 15) is 9.59 Å². The maximum Gasteiger partial charge on any atom is 0.261 e. The van der Waals surface area contributed by atoms with Crippen LogP contribution in [0.25, 0.3) is 16.7 Å². The van der Waals surface area contributed by atoms with Gasteiger partial charge in [0.05, 0.1) is 12.2 Å². The van der Waals surface area contributed by atoms with Crippen LogP contribution in [0.5, 0.6) is 0 Å². The van der Waals surface area contributed by atoms with Crippen LogP contribution in [-0.4, -0.2) is 21.7 Å². The molecule has 3 aliphatic rings. The Labute approximate surface area is 197 Å². The average molecular weight is 453 g/mol. The summed E-state index contributed by atoms with van der Waals surface area (Å²) in [5.74, 6) is -0.482. The molecular weight excluding hydrogens is 432 g/mol. The molecule has 0 N–H and O–H groups in total. The van der Waals surface area contributed by atoms with Gasteiger partial charge in [-0.05, 0) is 53.8 Å². The first-order chi connectivity index (χ1) is 16.1. The standard InChI is InChI=1S/C28H21ClN2O2/c29-22-11-7-10-21(14-15-22)26-25(20-8-3-1-4-9-20)16-19(17-30-26)18-31-27(32)23-12-5-2-6-13-24(23)28(31)33/h1-9,11-12,14-17H,10,13,18H2. The van der Waals surface area contributed by atoms with Gasteiger partial charge in [0, 0.05) is 27.9 Å². The van der Waals surface area contributed by atoms with Gasteiger partial charge in [0.1, 0.15) is 0 Å². The SMILES string of the molecule is O=C1C2=C(CC=CC=C2)C(=O)N1Cc1cnc(C2=CC=C(Cl)C=CC2)c(-c2ccccc2)c1. The first-order valence-corrected chi connectivity index (χ1v) is 11.2. The molecule has 1 aliphatic heterocycles. The van der Waals surface area contributed by atoms with Crippen LogP contribution in [0.3, 0.4) is 0 Å². The molecule has 5 heteroatoms. The Kier molecular flexibility index (Phi) is 5.76. The number of allylic oxidation sites excluding steroid dienone is 9. The van der Waals surface area contributed by atoms with Gasteiger partial charge in [0.25, 0.3) is 11.8 Å². The Balaban J connectivity index is 1.51. The van der Waals surface area contributed by atoms with Gasteiger partial charge in [-0.2, -0.15) is 0 Å². The fourth-order valence-corrected chi connectivity index (χ4v) is 4.37. The molecule has 2 amide bonds. The molecule has 0 fully saturated rings. The first-order valence-electron chi connectivity index (χ1n) is 10.8. The van der Waals surface area contributed by atoms with E-state index in [0.717, 1.165) is 28.0 Å². The average Bonchev–Trinajstić information content (AvgIpc) is 3.11. The molecule has 0 radical (unpaired) electrons. The van der Waals surface area contributed by atoms with E-state index in [1.165, 1.54) is 4.90 Å². The van der Waals surface area contributed by atoms with Crippen LogP contribution in [-0.2, 0) is 16.1 Å². The summed E-state index contributed by atoms with van der Waals surface area (Å²) < 4.78 is 0. The maximum atomic E-state index is 13.0. The van der Waals surface area contributed by atoms with E-state index in [0.29, 0.717) is 29.0 Å². The van der Waals surface area contributed by atoms with Gasteiger partial charge in [0.15, 0.2) is 0 Å². The number of imide groups is 1. The molecule has 2 aliphatic carbocycles. The normalized spacial score (nSPS) is 17.7. The molecule has 0 saturated carbocycles. The zero-order chi connectivity index (χ0) is 22.8. The van der Waals surface area contributed by atoms with Gasteiger partial charge < -0.3 is 0 Å². The molecule has 5 rings (SSSR count). The molecule has 0 saturated heterocycles. The second kappa shape index (κ2) is 9.00. The molecule has 0 atom stereocenters. The van der Waals surface area contributed by atoms with Crippen LogP contribution in [0.1, 0.15) is 24.1 Å². The van der Waals surface area contributed by atoms with Crippen molar-refractivity contribution < 1.29 is 9.59 Å². The Bertz CT molecular complexity index is 1330. The van der Waals surface area contributed by atoms with E-state index in [4.69, 9.17) is 16.6 Å². The van der Waals surface area contributed by atoms with E-state index >= 15 is 0 Å². The van der Waals surface area contributed by atoms with E-state index < -0.39 is 0 Å². The second-order valence-electron chi connectivity index (χ2n) is 8.04. The van der Waals surface area contributed by atoms with Gasteiger partial charge in [-0.1, -0.05) is 72.3 Å². The number of hydrogen-bond donors (Lipinski definition) is 0. The third-order valence-electron chi connectivity index (χ3n) is 5.87. The van der Waals surface area contributed by atoms with Crippen molar-refractivity contribution in [1.82, 2.24) is 9.88 Å². The van der Waals surface area contributed by atoms with E-state index in [-0.39, 0.29) is 18.4 Å². The lowest BCUT2D eigenvalue weighted by atomic mass is 9.96. The molecule has 2 heterocycles. The van der Waals surface area contributed by atoms with Crippen molar-refractivity contribution >= 4 is 29.0 Å². The zero-order valence-electron chi connectivity index (χ0n) is 17.9. The number of benzene rings is 1. The molecule has 162 valence electrons. The van der Waals surface area contributed by atoms with Crippen molar-refractivity contribution in [2.24, 2.45) is 0 Å². The monoisotopic (exact) mass is 452 g/mol. The molecule has 0 spiro atoms. The number of halogens is 1. The second-order valence-corrected chi connectivity index (χ2v) is 8.47. The highest BCUT2D eigenvalue weighted by molar-refractivity contribution is 6.31. The van der Waals surface area contributed by atoms with E-state index in [1.54, 1.807) is 18.3 Å². The summed E-state index contributed by atoms with van der Waals surface area (Å²) in [6.45, 7) is 0.181. The summed E-state index contributed by atoms with van der Waals surface area (Å²) in [5.41, 5.74) is 5.72. The van der Waals surface area contributed by atoms with Gasteiger partial charge in [0.2, 0.25) is 0 Å². The predicted molar refractivity (Wildman–Crippen MR) is 131 cm³/mol. The fraction of sp³-hybridized carbons (Fsp3) is 0.107. The largest absolute Gasteiger partial charge is 0.270 e. The number of rotatable bonds is 4. The first kappa shape index (κ1) is 21.1. The third-order valence-corrected chi connectivity index (χ3v) is 6.12. The van der Waals surface area contributed by atoms with E-state index in [2.05, 4.69) is 0 Å². The van der Waals surface area contributed by atoms with Gasteiger partial charge >= 0.3 is 0 Å². The number of carbonyl (C=O) groups is 2. The summed E-state index contributed by atoms with van der Waals surface area (Å²) in [4.78, 5) is 32.0. The van der Waals surface area contributed by atoms with Crippen LogP contribution in [0, 0.1) is 0 Å². The lowest BCUT2D eigenvalue weighted by Gasteiger charge is -2.18. The maximum absolute atomic E-state index is 13.0. The minimum absolute atomic E-state index is 0.181. The summed E-state index contributed by atoms with van der Waals surface area (Å²) in [6, 6.07) is 12.0. The molecule has 1 aromatic carbocycles. The quantitative estimate of drug-likeness (QED) is 0.543. The molecule has 0 bridgehead atoms. The highest BCUT2D eigenvalue weighted by Gasteiger charge is 2.36. The number of aromatic nitrogens is 1.